The average molecular weight is 193 g/mol. The number of aliphatic hydroxyl groups is 1. The van der Waals surface area contributed by atoms with Crippen LogP contribution in [0.3, 0.4) is 0 Å². The van der Waals surface area contributed by atoms with Gasteiger partial charge in [-0.3, -0.25) is 4.98 Å². The smallest absolute Gasteiger partial charge is 0.147 e. The minimum atomic E-state index is -0.864. The van der Waals surface area contributed by atoms with Crippen LogP contribution in [-0.2, 0) is 0 Å². The molecular formula is C11H12FNO. The topological polar surface area (TPSA) is 33.1 Å². The molecule has 2 nitrogen and oxygen atoms in total. The molecule has 1 unspecified atom stereocenters. The second-order valence-corrected chi connectivity index (χ2v) is 2.85. The molecule has 1 atom stereocenters. The number of aliphatic hydroxyl groups excluding tert-OH is 1. The molecule has 0 aliphatic carbocycles. The van der Waals surface area contributed by atoms with Gasteiger partial charge in [0.1, 0.15) is 11.5 Å². The van der Waals surface area contributed by atoms with Crippen molar-refractivity contribution in [3.63, 3.8) is 0 Å². The highest BCUT2D eigenvalue weighted by Gasteiger charge is 2.12. The predicted molar refractivity (Wildman–Crippen MR) is 51.8 cm³/mol. The van der Waals surface area contributed by atoms with E-state index in [0.29, 0.717) is 12.8 Å². The first-order valence-corrected chi connectivity index (χ1v) is 4.43. The van der Waals surface area contributed by atoms with Crippen molar-refractivity contribution in [3.05, 3.63) is 29.8 Å². The maximum atomic E-state index is 13.1. The fraction of sp³-hybridized carbons (Fsp3) is 0.364. The molecule has 0 aromatic carbocycles. The van der Waals surface area contributed by atoms with Gasteiger partial charge >= 0.3 is 0 Å². The third-order valence-electron chi connectivity index (χ3n) is 1.82. The Morgan fingerprint density at radius 3 is 3.07 bits per heavy atom. The van der Waals surface area contributed by atoms with Gasteiger partial charge in [0.25, 0.3) is 0 Å². The Balaban J connectivity index is 2.63. The van der Waals surface area contributed by atoms with Crippen molar-refractivity contribution in [1.82, 2.24) is 4.98 Å². The maximum Gasteiger partial charge on any atom is 0.147 e. The molecule has 74 valence electrons. The summed E-state index contributed by atoms with van der Waals surface area (Å²) < 4.78 is 13.1. The predicted octanol–water partition coefficient (Wildman–Crippen LogP) is 2.06. The fourth-order valence-electron chi connectivity index (χ4n) is 1.11. The zero-order valence-corrected chi connectivity index (χ0v) is 8.00. The zero-order chi connectivity index (χ0) is 10.4. The van der Waals surface area contributed by atoms with Crippen molar-refractivity contribution in [3.8, 4) is 11.8 Å². The van der Waals surface area contributed by atoms with E-state index in [2.05, 4.69) is 16.8 Å². The lowest BCUT2D eigenvalue weighted by atomic mass is 10.1. The van der Waals surface area contributed by atoms with Crippen LogP contribution in [0.2, 0.25) is 0 Å². The minimum absolute atomic E-state index is 0.102. The van der Waals surface area contributed by atoms with Crippen molar-refractivity contribution in [2.45, 2.75) is 25.9 Å². The highest BCUT2D eigenvalue weighted by Crippen LogP contribution is 2.17. The fourth-order valence-corrected chi connectivity index (χ4v) is 1.11. The normalized spacial score (nSPS) is 11.6. The van der Waals surface area contributed by atoms with Gasteiger partial charge in [0.05, 0.1) is 6.10 Å². The number of nitrogens with zero attached hydrogens (tertiary/aromatic N) is 1. The summed E-state index contributed by atoms with van der Waals surface area (Å²) in [5, 5.41) is 9.56. The van der Waals surface area contributed by atoms with Gasteiger partial charge in [-0.25, -0.2) is 4.39 Å². The second-order valence-electron chi connectivity index (χ2n) is 2.85. The third-order valence-corrected chi connectivity index (χ3v) is 1.82. The first-order valence-electron chi connectivity index (χ1n) is 4.43. The van der Waals surface area contributed by atoms with Gasteiger partial charge in [-0.15, -0.1) is 11.8 Å². The van der Waals surface area contributed by atoms with E-state index in [1.807, 2.05) is 0 Å². The van der Waals surface area contributed by atoms with Gasteiger partial charge < -0.3 is 5.11 Å². The van der Waals surface area contributed by atoms with E-state index in [-0.39, 0.29) is 5.69 Å². The van der Waals surface area contributed by atoms with E-state index in [1.165, 1.54) is 18.3 Å². The first kappa shape index (κ1) is 10.7. The van der Waals surface area contributed by atoms with E-state index in [9.17, 15) is 9.50 Å². The van der Waals surface area contributed by atoms with Gasteiger partial charge in [0.15, 0.2) is 0 Å². The summed E-state index contributed by atoms with van der Waals surface area (Å²) in [5.74, 6) is 5.05. The van der Waals surface area contributed by atoms with Crippen molar-refractivity contribution in [2.24, 2.45) is 0 Å². The number of aromatic nitrogens is 1. The Morgan fingerprint density at radius 1 is 1.64 bits per heavy atom. The molecule has 14 heavy (non-hydrogen) atoms. The van der Waals surface area contributed by atoms with Crippen LogP contribution in [0.15, 0.2) is 18.3 Å². The van der Waals surface area contributed by atoms with Crippen LogP contribution in [0.25, 0.3) is 0 Å². The Kier molecular flexibility index (Phi) is 4.09. The molecule has 1 rings (SSSR count). The van der Waals surface area contributed by atoms with Crippen LogP contribution in [0.5, 0.6) is 0 Å². The number of pyridine rings is 1. The van der Waals surface area contributed by atoms with Crippen LogP contribution >= 0.6 is 0 Å². The molecule has 1 N–H and O–H groups in total. The van der Waals surface area contributed by atoms with E-state index < -0.39 is 11.9 Å². The third kappa shape index (κ3) is 2.82. The first-order chi connectivity index (χ1) is 6.75. The average Bonchev–Trinajstić information content (AvgIpc) is 2.18. The second kappa shape index (κ2) is 5.36. The summed E-state index contributed by atoms with van der Waals surface area (Å²) in [6.45, 7) is 1.73. The molecular weight excluding hydrogens is 181 g/mol. The molecule has 1 aromatic heterocycles. The van der Waals surface area contributed by atoms with E-state index in [4.69, 9.17) is 0 Å². The Labute approximate surface area is 82.8 Å². The Morgan fingerprint density at radius 2 is 2.43 bits per heavy atom. The molecule has 1 aromatic rings. The highest BCUT2D eigenvalue weighted by atomic mass is 19.1. The van der Waals surface area contributed by atoms with Crippen molar-refractivity contribution in [2.75, 3.05) is 0 Å². The number of hydrogen-bond acceptors (Lipinski definition) is 2. The molecule has 0 amide bonds. The van der Waals surface area contributed by atoms with Gasteiger partial charge in [-0.1, -0.05) is 0 Å². The molecule has 3 heteroatoms. The largest absolute Gasteiger partial charge is 0.387 e. The maximum absolute atomic E-state index is 13.1. The van der Waals surface area contributed by atoms with Crippen molar-refractivity contribution < 1.29 is 9.50 Å². The van der Waals surface area contributed by atoms with Crippen LogP contribution in [0, 0.1) is 17.7 Å². The SMILES string of the molecule is CC#CCCC(O)c1ncccc1F. The number of hydrogen-bond donors (Lipinski definition) is 1. The molecule has 0 saturated carbocycles. The van der Waals surface area contributed by atoms with Crippen LogP contribution in [-0.4, -0.2) is 10.1 Å². The van der Waals surface area contributed by atoms with Crippen molar-refractivity contribution in [1.29, 1.82) is 0 Å². The van der Waals surface area contributed by atoms with Gasteiger partial charge in [-0.05, 0) is 25.5 Å². The summed E-state index contributed by atoms with van der Waals surface area (Å²) in [6, 6.07) is 2.79. The summed E-state index contributed by atoms with van der Waals surface area (Å²) in [4.78, 5) is 3.78. The highest BCUT2D eigenvalue weighted by molar-refractivity contribution is 5.10. The lowest BCUT2D eigenvalue weighted by Gasteiger charge is -2.08. The van der Waals surface area contributed by atoms with E-state index >= 15 is 0 Å². The molecule has 0 bridgehead atoms. The monoisotopic (exact) mass is 193 g/mol. The number of halogens is 1. The Hall–Kier alpha value is -1.40. The molecule has 0 fully saturated rings. The zero-order valence-electron chi connectivity index (χ0n) is 8.00. The van der Waals surface area contributed by atoms with Crippen LogP contribution in [0.4, 0.5) is 4.39 Å². The molecule has 0 saturated heterocycles. The summed E-state index contributed by atoms with van der Waals surface area (Å²) in [6.07, 6.45) is 1.56. The van der Waals surface area contributed by atoms with E-state index in [0.717, 1.165) is 0 Å². The molecule has 0 radical (unpaired) electrons. The molecule has 0 aliphatic heterocycles. The Bertz CT molecular complexity index is 354. The standard InChI is InChI=1S/C11H12FNO/c1-2-3-4-7-10(14)11-9(12)6-5-8-13-11/h5-6,8,10,14H,4,7H2,1H3. The lowest BCUT2D eigenvalue weighted by Crippen LogP contribution is -2.02. The van der Waals surface area contributed by atoms with Gasteiger partial charge in [0, 0.05) is 12.6 Å². The van der Waals surface area contributed by atoms with Crippen LogP contribution < -0.4 is 0 Å². The number of rotatable bonds is 3. The van der Waals surface area contributed by atoms with E-state index in [1.54, 1.807) is 6.92 Å². The molecule has 1 heterocycles. The molecule has 0 spiro atoms. The minimum Gasteiger partial charge on any atom is -0.387 e. The summed E-state index contributed by atoms with van der Waals surface area (Å²) >= 11 is 0. The molecule has 0 aliphatic rings. The van der Waals surface area contributed by atoms with Gasteiger partial charge in [0.2, 0.25) is 0 Å². The quantitative estimate of drug-likeness (QED) is 0.745. The summed E-state index contributed by atoms with van der Waals surface area (Å²) in [5.41, 5.74) is 0.102. The summed E-state index contributed by atoms with van der Waals surface area (Å²) in [7, 11) is 0. The van der Waals surface area contributed by atoms with Crippen LogP contribution in [0.1, 0.15) is 31.6 Å². The van der Waals surface area contributed by atoms with Gasteiger partial charge in [-0.2, -0.15) is 0 Å². The van der Waals surface area contributed by atoms with Crippen molar-refractivity contribution >= 4 is 0 Å². The lowest BCUT2D eigenvalue weighted by molar-refractivity contribution is 0.159.